The minimum absolute atomic E-state index is 0.239. The fourth-order valence-corrected chi connectivity index (χ4v) is 1.88. The van der Waals surface area contributed by atoms with Gasteiger partial charge in [0.25, 0.3) is 5.91 Å². The summed E-state index contributed by atoms with van der Waals surface area (Å²) in [5.41, 5.74) is 1.52. The number of carbonyl (C=O) groups is 1. The van der Waals surface area contributed by atoms with Gasteiger partial charge in [-0.25, -0.2) is 4.98 Å². The number of carbonyl (C=O) groups excluding carboxylic acids is 1. The number of ether oxygens (including phenoxy) is 2. The van der Waals surface area contributed by atoms with Crippen molar-refractivity contribution in [2.45, 2.75) is 13.8 Å². The summed E-state index contributed by atoms with van der Waals surface area (Å²) in [6.07, 6.45) is 1.66. The molecule has 1 heterocycles. The van der Waals surface area contributed by atoms with Crippen molar-refractivity contribution in [1.29, 1.82) is 0 Å². The van der Waals surface area contributed by atoms with E-state index in [1.807, 2.05) is 26.0 Å². The third-order valence-electron chi connectivity index (χ3n) is 2.88. The van der Waals surface area contributed by atoms with Crippen LogP contribution in [0.3, 0.4) is 0 Å². The maximum atomic E-state index is 12.2. The van der Waals surface area contributed by atoms with Crippen molar-refractivity contribution >= 4 is 11.7 Å². The molecule has 0 spiro atoms. The lowest BCUT2D eigenvalue weighted by Crippen LogP contribution is -2.13. The molecular formula is C16H18N2O3. The van der Waals surface area contributed by atoms with Crippen LogP contribution in [0, 0.1) is 6.92 Å². The number of anilines is 1. The van der Waals surface area contributed by atoms with E-state index in [1.54, 1.807) is 31.5 Å². The van der Waals surface area contributed by atoms with Gasteiger partial charge in [0.1, 0.15) is 5.82 Å². The maximum absolute atomic E-state index is 12.2. The highest BCUT2D eigenvalue weighted by Gasteiger charge is 2.11. The Hall–Kier alpha value is -2.56. The van der Waals surface area contributed by atoms with Gasteiger partial charge in [-0.3, -0.25) is 4.79 Å². The fraction of sp³-hybridized carbons (Fsp3) is 0.250. The molecule has 0 aliphatic rings. The third-order valence-corrected chi connectivity index (χ3v) is 2.88. The van der Waals surface area contributed by atoms with E-state index in [-0.39, 0.29) is 5.91 Å². The van der Waals surface area contributed by atoms with Gasteiger partial charge in [-0.15, -0.1) is 0 Å². The topological polar surface area (TPSA) is 60.5 Å². The van der Waals surface area contributed by atoms with Crippen LogP contribution < -0.4 is 14.8 Å². The van der Waals surface area contributed by atoms with Gasteiger partial charge in [0.15, 0.2) is 11.5 Å². The lowest BCUT2D eigenvalue weighted by atomic mass is 10.2. The number of nitrogens with zero attached hydrogens (tertiary/aromatic N) is 1. The molecule has 5 nitrogen and oxygen atoms in total. The molecule has 0 unspecified atom stereocenters. The molecule has 0 saturated carbocycles. The van der Waals surface area contributed by atoms with Crippen LogP contribution in [-0.4, -0.2) is 24.6 Å². The predicted octanol–water partition coefficient (Wildman–Crippen LogP) is 3.05. The monoisotopic (exact) mass is 286 g/mol. The van der Waals surface area contributed by atoms with Gasteiger partial charge >= 0.3 is 0 Å². The van der Waals surface area contributed by atoms with Crippen molar-refractivity contribution in [2.24, 2.45) is 0 Å². The molecule has 2 aromatic rings. The highest BCUT2D eigenvalue weighted by Crippen LogP contribution is 2.28. The smallest absolute Gasteiger partial charge is 0.256 e. The first-order chi connectivity index (χ1) is 10.1. The summed E-state index contributed by atoms with van der Waals surface area (Å²) < 4.78 is 10.7. The van der Waals surface area contributed by atoms with Gasteiger partial charge in [-0.2, -0.15) is 0 Å². The van der Waals surface area contributed by atoms with Gasteiger partial charge < -0.3 is 14.8 Å². The van der Waals surface area contributed by atoms with Crippen LogP contribution in [0.25, 0.3) is 0 Å². The summed E-state index contributed by atoms with van der Waals surface area (Å²) in [6, 6.07) is 8.74. The maximum Gasteiger partial charge on any atom is 0.256 e. The molecule has 0 aliphatic heterocycles. The predicted molar refractivity (Wildman–Crippen MR) is 81.1 cm³/mol. The molecule has 0 aliphatic carbocycles. The Morgan fingerprint density at radius 1 is 1.24 bits per heavy atom. The average Bonchev–Trinajstić information content (AvgIpc) is 2.47. The largest absolute Gasteiger partial charge is 0.493 e. The summed E-state index contributed by atoms with van der Waals surface area (Å²) in [5, 5.41) is 2.76. The zero-order valence-corrected chi connectivity index (χ0v) is 12.3. The first-order valence-electron chi connectivity index (χ1n) is 6.69. The Kier molecular flexibility index (Phi) is 4.77. The normalized spacial score (nSPS) is 10.0. The van der Waals surface area contributed by atoms with Gasteiger partial charge in [0.05, 0.1) is 13.7 Å². The number of methoxy groups -OCH3 is 1. The lowest BCUT2D eigenvalue weighted by molar-refractivity contribution is 0.102. The van der Waals surface area contributed by atoms with Crippen LogP contribution in [-0.2, 0) is 0 Å². The summed E-state index contributed by atoms with van der Waals surface area (Å²) >= 11 is 0. The van der Waals surface area contributed by atoms with E-state index in [4.69, 9.17) is 9.47 Å². The minimum atomic E-state index is -0.239. The third kappa shape index (κ3) is 3.72. The summed E-state index contributed by atoms with van der Waals surface area (Å²) in [4.78, 5) is 16.3. The van der Waals surface area contributed by atoms with Crippen LogP contribution in [0.1, 0.15) is 22.8 Å². The van der Waals surface area contributed by atoms with E-state index >= 15 is 0 Å². The van der Waals surface area contributed by atoms with Crippen molar-refractivity contribution in [1.82, 2.24) is 4.98 Å². The van der Waals surface area contributed by atoms with Crippen LogP contribution >= 0.6 is 0 Å². The second-order valence-corrected chi connectivity index (χ2v) is 4.47. The number of hydrogen-bond donors (Lipinski definition) is 1. The molecule has 21 heavy (non-hydrogen) atoms. The molecule has 0 atom stereocenters. The van der Waals surface area contributed by atoms with Gasteiger partial charge in [-0.1, -0.05) is 0 Å². The van der Waals surface area contributed by atoms with E-state index in [1.165, 1.54) is 0 Å². The Morgan fingerprint density at radius 3 is 2.71 bits per heavy atom. The molecule has 0 radical (unpaired) electrons. The van der Waals surface area contributed by atoms with Crippen LogP contribution in [0.4, 0.5) is 5.82 Å². The highest BCUT2D eigenvalue weighted by molar-refractivity contribution is 6.04. The van der Waals surface area contributed by atoms with Crippen LogP contribution in [0.5, 0.6) is 11.5 Å². The SMILES string of the molecule is CCOc1cc(C(=O)Nc2cc(C)ccn2)ccc1OC. The molecule has 5 heteroatoms. The molecule has 110 valence electrons. The van der Waals surface area contributed by atoms with Gasteiger partial charge in [-0.05, 0) is 49.7 Å². The van der Waals surface area contributed by atoms with Crippen LogP contribution in [0.2, 0.25) is 0 Å². The lowest BCUT2D eigenvalue weighted by Gasteiger charge is -2.11. The first-order valence-corrected chi connectivity index (χ1v) is 6.69. The van der Waals surface area contributed by atoms with E-state index < -0.39 is 0 Å². The number of hydrogen-bond acceptors (Lipinski definition) is 4. The molecular weight excluding hydrogens is 268 g/mol. The Labute approximate surface area is 123 Å². The van der Waals surface area contributed by atoms with E-state index in [0.29, 0.717) is 29.5 Å². The van der Waals surface area contributed by atoms with Gasteiger partial charge in [0.2, 0.25) is 0 Å². The number of aryl methyl sites for hydroxylation is 1. The minimum Gasteiger partial charge on any atom is -0.493 e. The molecule has 1 aromatic heterocycles. The molecule has 0 saturated heterocycles. The molecule has 1 amide bonds. The van der Waals surface area contributed by atoms with Crippen molar-refractivity contribution in [2.75, 3.05) is 19.0 Å². The number of pyridine rings is 1. The molecule has 1 aromatic carbocycles. The molecule has 0 fully saturated rings. The van der Waals surface area contributed by atoms with Crippen molar-refractivity contribution in [3.8, 4) is 11.5 Å². The van der Waals surface area contributed by atoms with E-state index in [0.717, 1.165) is 5.56 Å². The second kappa shape index (κ2) is 6.74. The zero-order valence-electron chi connectivity index (χ0n) is 12.3. The number of aromatic nitrogens is 1. The summed E-state index contributed by atoms with van der Waals surface area (Å²) in [7, 11) is 1.56. The van der Waals surface area contributed by atoms with Gasteiger partial charge in [0, 0.05) is 11.8 Å². The van der Waals surface area contributed by atoms with Crippen molar-refractivity contribution < 1.29 is 14.3 Å². The van der Waals surface area contributed by atoms with E-state index in [2.05, 4.69) is 10.3 Å². The number of amides is 1. The van der Waals surface area contributed by atoms with Crippen molar-refractivity contribution in [3.05, 3.63) is 47.7 Å². The quantitative estimate of drug-likeness (QED) is 0.917. The first kappa shape index (κ1) is 14.8. The molecule has 2 rings (SSSR count). The van der Waals surface area contributed by atoms with Crippen molar-refractivity contribution in [3.63, 3.8) is 0 Å². The highest BCUT2D eigenvalue weighted by atomic mass is 16.5. The molecule has 1 N–H and O–H groups in total. The zero-order chi connectivity index (χ0) is 15.2. The average molecular weight is 286 g/mol. The fourth-order valence-electron chi connectivity index (χ4n) is 1.88. The number of nitrogens with one attached hydrogen (secondary N) is 1. The van der Waals surface area contributed by atoms with E-state index in [9.17, 15) is 4.79 Å². The summed E-state index contributed by atoms with van der Waals surface area (Å²) in [5.74, 6) is 1.43. The standard InChI is InChI=1S/C16H18N2O3/c1-4-21-14-10-12(5-6-13(14)20-3)16(19)18-15-9-11(2)7-8-17-15/h5-10H,4H2,1-3H3,(H,17,18,19). The Morgan fingerprint density at radius 2 is 2.05 bits per heavy atom. The number of benzene rings is 1. The second-order valence-electron chi connectivity index (χ2n) is 4.47. The van der Waals surface area contributed by atoms with Crippen LogP contribution in [0.15, 0.2) is 36.5 Å². The Bertz CT molecular complexity index is 641. The summed E-state index contributed by atoms with van der Waals surface area (Å²) in [6.45, 7) is 4.32. The number of rotatable bonds is 5. The molecule has 0 bridgehead atoms. The Balaban J connectivity index is 2.21.